The van der Waals surface area contributed by atoms with Gasteiger partial charge in [0.25, 0.3) is 0 Å². The maximum Gasteiger partial charge on any atom is 0.143 e. The SMILES string of the molecule is CCC1(CC)c2ccccc2-c2ccc(N(c3ccccc3)c3cccc4c3ccc3c5ccccc5oc43)cc21. The Balaban J connectivity index is 1.39. The van der Waals surface area contributed by atoms with Crippen molar-refractivity contribution in [3.8, 4) is 11.1 Å². The first-order valence-corrected chi connectivity index (χ1v) is 14.7. The van der Waals surface area contributed by atoms with E-state index >= 15 is 0 Å². The number of nitrogens with zero attached hydrogens (tertiary/aromatic N) is 1. The molecular formula is C39H31NO. The summed E-state index contributed by atoms with van der Waals surface area (Å²) in [5.41, 5.74) is 11.0. The van der Waals surface area contributed by atoms with Crippen LogP contribution in [0.25, 0.3) is 43.8 Å². The molecule has 7 aromatic rings. The standard InChI is InChI=1S/C39H31NO/c1-3-39(4-2)34-18-10-8-15-28(34)29-22-21-27(25-35(29)39)40(26-13-6-5-7-14-26)36-19-12-17-32-30(36)23-24-33-31-16-9-11-20-37(31)41-38(32)33/h5-25H,3-4H2,1-2H3. The molecule has 2 heteroatoms. The van der Waals surface area contributed by atoms with Crippen LogP contribution in [0.5, 0.6) is 0 Å². The van der Waals surface area contributed by atoms with Crippen LogP contribution in [0.3, 0.4) is 0 Å². The highest BCUT2D eigenvalue weighted by Crippen LogP contribution is 2.54. The molecule has 1 aromatic heterocycles. The molecule has 0 fully saturated rings. The molecule has 0 saturated carbocycles. The molecule has 0 saturated heterocycles. The summed E-state index contributed by atoms with van der Waals surface area (Å²) in [6, 6.07) is 46.2. The van der Waals surface area contributed by atoms with E-state index in [1.165, 1.54) is 33.3 Å². The van der Waals surface area contributed by atoms with Gasteiger partial charge in [-0.1, -0.05) is 98.8 Å². The monoisotopic (exact) mass is 529 g/mol. The number of rotatable bonds is 5. The Kier molecular flexibility index (Phi) is 5.33. The van der Waals surface area contributed by atoms with Crippen LogP contribution in [0.4, 0.5) is 17.1 Å². The van der Waals surface area contributed by atoms with Crippen molar-refractivity contribution >= 4 is 49.8 Å². The van der Waals surface area contributed by atoms with Gasteiger partial charge in [0, 0.05) is 38.3 Å². The fraction of sp³-hybridized carbons (Fsp3) is 0.128. The molecule has 8 rings (SSSR count). The average molecular weight is 530 g/mol. The second-order valence-corrected chi connectivity index (χ2v) is 11.1. The van der Waals surface area contributed by atoms with Crippen molar-refractivity contribution in [2.45, 2.75) is 32.1 Å². The third-order valence-corrected chi connectivity index (χ3v) is 9.35. The molecular weight excluding hydrogens is 498 g/mol. The summed E-state index contributed by atoms with van der Waals surface area (Å²) in [5.74, 6) is 0. The van der Waals surface area contributed by atoms with Gasteiger partial charge in [0.2, 0.25) is 0 Å². The van der Waals surface area contributed by atoms with Crippen molar-refractivity contribution < 1.29 is 4.42 Å². The van der Waals surface area contributed by atoms with Crippen molar-refractivity contribution in [3.05, 3.63) is 139 Å². The molecule has 198 valence electrons. The number of furan rings is 1. The highest BCUT2D eigenvalue weighted by molar-refractivity contribution is 6.17. The summed E-state index contributed by atoms with van der Waals surface area (Å²) in [6.45, 7) is 4.67. The van der Waals surface area contributed by atoms with E-state index < -0.39 is 0 Å². The van der Waals surface area contributed by atoms with Crippen LogP contribution in [0, 0.1) is 0 Å². The average Bonchev–Trinajstić information content (AvgIpc) is 3.55. The largest absolute Gasteiger partial charge is 0.455 e. The molecule has 0 amide bonds. The zero-order valence-corrected chi connectivity index (χ0v) is 23.4. The minimum absolute atomic E-state index is 0.0174. The van der Waals surface area contributed by atoms with Gasteiger partial charge in [-0.15, -0.1) is 0 Å². The summed E-state index contributed by atoms with van der Waals surface area (Å²) in [4.78, 5) is 2.41. The van der Waals surface area contributed by atoms with E-state index in [1.807, 2.05) is 6.07 Å². The Morgan fingerprint density at radius 3 is 2.07 bits per heavy atom. The zero-order chi connectivity index (χ0) is 27.6. The maximum absolute atomic E-state index is 6.45. The lowest BCUT2D eigenvalue weighted by Crippen LogP contribution is -2.23. The zero-order valence-electron chi connectivity index (χ0n) is 23.4. The third-order valence-electron chi connectivity index (χ3n) is 9.35. The molecule has 1 aliphatic rings. The van der Waals surface area contributed by atoms with E-state index in [2.05, 4.69) is 140 Å². The Labute approximate surface area is 240 Å². The lowest BCUT2D eigenvalue weighted by molar-refractivity contribution is 0.490. The first-order chi connectivity index (χ1) is 20.2. The van der Waals surface area contributed by atoms with Crippen molar-refractivity contribution in [2.75, 3.05) is 4.90 Å². The summed E-state index contributed by atoms with van der Waals surface area (Å²) in [6.07, 6.45) is 2.14. The van der Waals surface area contributed by atoms with Crippen LogP contribution in [-0.4, -0.2) is 0 Å². The summed E-state index contributed by atoms with van der Waals surface area (Å²) >= 11 is 0. The van der Waals surface area contributed by atoms with Crippen molar-refractivity contribution in [1.29, 1.82) is 0 Å². The van der Waals surface area contributed by atoms with Crippen LogP contribution in [-0.2, 0) is 5.41 Å². The number of fused-ring (bicyclic) bond motifs is 8. The third kappa shape index (κ3) is 3.37. The quantitative estimate of drug-likeness (QED) is 0.220. The van der Waals surface area contributed by atoms with Crippen LogP contribution >= 0.6 is 0 Å². The number of hydrogen-bond acceptors (Lipinski definition) is 2. The van der Waals surface area contributed by atoms with E-state index in [0.717, 1.165) is 51.5 Å². The minimum atomic E-state index is 0.0174. The van der Waals surface area contributed by atoms with Gasteiger partial charge in [-0.3, -0.25) is 0 Å². The number of anilines is 3. The molecule has 6 aromatic carbocycles. The minimum Gasteiger partial charge on any atom is -0.455 e. The first kappa shape index (κ1) is 24.0. The van der Waals surface area contributed by atoms with E-state index in [-0.39, 0.29) is 5.41 Å². The summed E-state index contributed by atoms with van der Waals surface area (Å²) in [7, 11) is 0. The van der Waals surface area contributed by atoms with Gasteiger partial charge in [0.15, 0.2) is 0 Å². The van der Waals surface area contributed by atoms with Gasteiger partial charge in [-0.2, -0.15) is 0 Å². The number of hydrogen-bond donors (Lipinski definition) is 0. The molecule has 0 atom stereocenters. The highest BCUT2D eigenvalue weighted by Gasteiger charge is 2.40. The Bertz CT molecular complexity index is 2080. The van der Waals surface area contributed by atoms with Crippen LogP contribution in [0.1, 0.15) is 37.8 Å². The van der Waals surface area contributed by atoms with E-state index in [1.54, 1.807) is 0 Å². The normalized spacial score (nSPS) is 13.5. The highest BCUT2D eigenvalue weighted by atomic mass is 16.3. The lowest BCUT2D eigenvalue weighted by Gasteiger charge is -2.32. The summed E-state index contributed by atoms with van der Waals surface area (Å²) in [5, 5.41) is 4.61. The molecule has 0 unspecified atom stereocenters. The molecule has 0 N–H and O–H groups in total. The first-order valence-electron chi connectivity index (χ1n) is 14.7. The van der Waals surface area contributed by atoms with E-state index in [9.17, 15) is 0 Å². The molecule has 2 nitrogen and oxygen atoms in total. The smallest absolute Gasteiger partial charge is 0.143 e. The van der Waals surface area contributed by atoms with Crippen molar-refractivity contribution in [1.82, 2.24) is 0 Å². The maximum atomic E-state index is 6.45. The molecule has 1 heterocycles. The Morgan fingerprint density at radius 1 is 0.537 bits per heavy atom. The van der Waals surface area contributed by atoms with Gasteiger partial charge >= 0.3 is 0 Å². The Morgan fingerprint density at radius 2 is 1.22 bits per heavy atom. The van der Waals surface area contributed by atoms with E-state index in [0.29, 0.717) is 0 Å². The lowest BCUT2D eigenvalue weighted by atomic mass is 9.74. The fourth-order valence-electron chi connectivity index (χ4n) is 7.32. The molecule has 41 heavy (non-hydrogen) atoms. The second kappa shape index (κ2) is 9.11. The van der Waals surface area contributed by atoms with Crippen molar-refractivity contribution in [3.63, 3.8) is 0 Å². The summed E-state index contributed by atoms with van der Waals surface area (Å²) < 4.78 is 6.45. The van der Waals surface area contributed by atoms with Gasteiger partial charge in [-0.25, -0.2) is 0 Å². The predicted octanol–water partition coefficient (Wildman–Crippen LogP) is 11.3. The molecule has 0 radical (unpaired) electrons. The van der Waals surface area contributed by atoms with Gasteiger partial charge < -0.3 is 9.32 Å². The van der Waals surface area contributed by atoms with Crippen LogP contribution in [0.15, 0.2) is 132 Å². The van der Waals surface area contributed by atoms with Crippen LogP contribution in [0.2, 0.25) is 0 Å². The van der Waals surface area contributed by atoms with Crippen molar-refractivity contribution in [2.24, 2.45) is 0 Å². The molecule has 0 aliphatic heterocycles. The van der Waals surface area contributed by atoms with Gasteiger partial charge in [0.1, 0.15) is 11.2 Å². The molecule has 1 aliphatic carbocycles. The number of para-hydroxylation sites is 2. The number of benzene rings is 6. The molecule has 0 bridgehead atoms. The van der Waals surface area contributed by atoms with Crippen LogP contribution < -0.4 is 4.90 Å². The fourth-order valence-corrected chi connectivity index (χ4v) is 7.32. The Hall–Kier alpha value is -4.82. The van der Waals surface area contributed by atoms with E-state index in [4.69, 9.17) is 4.42 Å². The molecule has 0 spiro atoms. The topological polar surface area (TPSA) is 16.4 Å². The van der Waals surface area contributed by atoms with Gasteiger partial charge in [0.05, 0.1) is 5.69 Å². The second-order valence-electron chi connectivity index (χ2n) is 11.1. The van der Waals surface area contributed by atoms with Gasteiger partial charge in [-0.05, 0) is 77.6 Å². The predicted molar refractivity (Wildman–Crippen MR) is 173 cm³/mol.